The number of hydrogen-bond donors (Lipinski definition) is 3. The number of carboxylic acid groups (broad SMARTS) is 1. The van der Waals surface area contributed by atoms with Crippen LogP contribution >= 0.6 is 0 Å². The van der Waals surface area contributed by atoms with Crippen LogP contribution in [0.4, 0.5) is 0 Å². The lowest BCUT2D eigenvalue weighted by Crippen LogP contribution is -2.28. The lowest BCUT2D eigenvalue weighted by atomic mass is 9.85. The van der Waals surface area contributed by atoms with Crippen molar-refractivity contribution in [3.05, 3.63) is 29.3 Å². The number of aliphatic hydroxyl groups is 1. The van der Waals surface area contributed by atoms with E-state index in [1.54, 1.807) is 59.9 Å². The molecular formula is C19H29NO5. The van der Waals surface area contributed by atoms with Gasteiger partial charge >= 0.3 is 11.9 Å². The van der Waals surface area contributed by atoms with Gasteiger partial charge in [0.2, 0.25) is 0 Å². The highest BCUT2D eigenvalue weighted by Gasteiger charge is 2.30. The molecule has 6 heteroatoms. The summed E-state index contributed by atoms with van der Waals surface area (Å²) < 4.78 is 5.54. The van der Waals surface area contributed by atoms with Gasteiger partial charge in [0.25, 0.3) is 0 Å². The molecule has 140 valence electrons. The molecule has 0 aromatic heterocycles. The summed E-state index contributed by atoms with van der Waals surface area (Å²) in [5.41, 5.74) is -0.485. The molecule has 0 saturated carbocycles. The topological polar surface area (TPSA) is 95.9 Å². The van der Waals surface area contributed by atoms with Gasteiger partial charge in [-0.25, -0.2) is 0 Å². The number of esters is 1. The molecule has 0 aliphatic heterocycles. The first-order valence-corrected chi connectivity index (χ1v) is 8.29. The molecule has 25 heavy (non-hydrogen) atoms. The minimum Gasteiger partial charge on any atom is -0.481 e. The molecule has 0 fully saturated rings. The molecule has 0 saturated heterocycles. The molecule has 0 bridgehead atoms. The van der Waals surface area contributed by atoms with Crippen LogP contribution < -0.4 is 10.1 Å². The fourth-order valence-electron chi connectivity index (χ4n) is 2.14. The first kappa shape index (κ1) is 21.1. The van der Waals surface area contributed by atoms with Gasteiger partial charge < -0.3 is 20.3 Å². The summed E-state index contributed by atoms with van der Waals surface area (Å²) in [5.74, 6) is -1.05. The zero-order chi connectivity index (χ0) is 19.4. The number of aliphatic hydroxyl groups excluding tert-OH is 1. The summed E-state index contributed by atoms with van der Waals surface area (Å²) in [6.45, 7) is 8.83. The Morgan fingerprint density at radius 2 is 1.80 bits per heavy atom. The van der Waals surface area contributed by atoms with Gasteiger partial charge in [0.15, 0.2) is 0 Å². The van der Waals surface area contributed by atoms with Crippen LogP contribution in [0.2, 0.25) is 0 Å². The van der Waals surface area contributed by atoms with Crippen molar-refractivity contribution in [3.8, 4) is 5.75 Å². The van der Waals surface area contributed by atoms with Crippen molar-refractivity contribution >= 4 is 11.9 Å². The number of aliphatic carboxylic acids is 1. The SMILES string of the molecule is CNCC(O)c1ccc(CC(C)(C)C(=O)O)c(OC(=O)C(C)(C)C)c1. The standard InChI is InChI=1S/C19H29NO5/c1-18(2,3)17(24)25-15-9-12(14(21)11-20-6)7-8-13(15)10-19(4,5)16(22)23/h7-9,14,20-21H,10-11H2,1-6H3,(H,22,23). The first-order chi connectivity index (χ1) is 11.4. The smallest absolute Gasteiger partial charge is 0.316 e. The van der Waals surface area contributed by atoms with Gasteiger partial charge in [-0.2, -0.15) is 0 Å². The van der Waals surface area contributed by atoms with E-state index in [9.17, 15) is 19.8 Å². The molecule has 0 amide bonds. The normalized spacial score (nSPS) is 13.4. The molecule has 0 heterocycles. The lowest BCUT2D eigenvalue weighted by Gasteiger charge is -2.23. The van der Waals surface area contributed by atoms with E-state index in [1.165, 1.54) is 0 Å². The van der Waals surface area contributed by atoms with Crippen molar-refractivity contribution < 1.29 is 24.5 Å². The number of carbonyl (C=O) groups excluding carboxylic acids is 1. The van der Waals surface area contributed by atoms with Gasteiger partial charge in [0.1, 0.15) is 5.75 Å². The van der Waals surface area contributed by atoms with Crippen LogP contribution in [0, 0.1) is 10.8 Å². The van der Waals surface area contributed by atoms with Gasteiger partial charge in [0, 0.05) is 6.54 Å². The molecule has 0 aliphatic rings. The molecule has 0 spiro atoms. The molecule has 3 N–H and O–H groups in total. The second kappa shape index (κ2) is 7.97. The quantitative estimate of drug-likeness (QED) is 0.516. The predicted octanol–water partition coefficient (Wildman–Crippen LogP) is 2.54. The van der Waals surface area contributed by atoms with E-state index < -0.39 is 28.9 Å². The average molecular weight is 351 g/mol. The molecule has 1 atom stereocenters. The van der Waals surface area contributed by atoms with Crippen molar-refractivity contribution in [3.63, 3.8) is 0 Å². The van der Waals surface area contributed by atoms with Crippen molar-refractivity contribution in [2.45, 2.75) is 47.1 Å². The fourth-order valence-corrected chi connectivity index (χ4v) is 2.14. The Balaban J connectivity index is 3.26. The third-order valence-electron chi connectivity index (χ3n) is 3.90. The number of hydrogen-bond acceptors (Lipinski definition) is 5. The Morgan fingerprint density at radius 3 is 2.28 bits per heavy atom. The number of benzene rings is 1. The van der Waals surface area contributed by atoms with Gasteiger partial charge in [-0.05, 0) is 65.3 Å². The molecule has 1 unspecified atom stereocenters. The Labute approximate surface area is 149 Å². The Hall–Kier alpha value is -1.92. The number of carbonyl (C=O) groups is 2. The maximum Gasteiger partial charge on any atom is 0.316 e. The van der Waals surface area contributed by atoms with E-state index in [-0.39, 0.29) is 6.42 Å². The number of nitrogens with one attached hydrogen (secondary N) is 1. The molecule has 1 aromatic rings. The highest BCUT2D eigenvalue weighted by Crippen LogP contribution is 2.32. The highest BCUT2D eigenvalue weighted by atomic mass is 16.5. The van der Waals surface area contributed by atoms with Crippen molar-refractivity contribution in [2.75, 3.05) is 13.6 Å². The lowest BCUT2D eigenvalue weighted by molar-refractivity contribution is -0.146. The van der Waals surface area contributed by atoms with E-state index in [0.29, 0.717) is 23.4 Å². The molecular weight excluding hydrogens is 322 g/mol. The van der Waals surface area contributed by atoms with Crippen molar-refractivity contribution in [1.29, 1.82) is 0 Å². The highest BCUT2D eigenvalue weighted by molar-refractivity contribution is 5.78. The van der Waals surface area contributed by atoms with Crippen LogP contribution in [0.3, 0.4) is 0 Å². The maximum atomic E-state index is 12.3. The third kappa shape index (κ3) is 5.83. The van der Waals surface area contributed by atoms with Crippen LogP contribution in [0.5, 0.6) is 5.75 Å². The summed E-state index contributed by atoms with van der Waals surface area (Å²) in [6.07, 6.45) is -0.545. The molecule has 1 rings (SSSR count). The number of ether oxygens (including phenoxy) is 1. The zero-order valence-corrected chi connectivity index (χ0v) is 15.8. The van der Waals surface area contributed by atoms with Crippen molar-refractivity contribution in [2.24, 2.45) is 10.8 Å². The Morgan fingerprint density at radius 1 is 1.20 bits per heavy atom. The number of rotatable bonds is 7. The largest absolute Gasteiger partial charge is 0.481 e. The number of likely N-dealkylation sites (N-methyl/N-ethyl adjacent to an activating group) is 1. The third-order valence-corrected chi connectivity index (χ3v) is 3.90. The zero-order valence-electron chi connectivity index (χ0n) is 15.8. The van der Waals surface area contributed by atoms with E-state index in [2.05, 4.69) is 5.32 Å². The van der Waals surface area contributed by atoms with Crippen LogP contribution in [0.15, 0.2) is 18.2 Å². The van der Waals surface area contributed by atoms with Crippen LogP contribution in [0.1, 0.15) is 51.8 Å². The minimum atomic E-state index is -1.01. The van der Waals surface area contributed by atoms with E-state index >= 15 is 0 Å². The summed E-state index contributed by atoms with van der Waals surface area (Å²) in [7, 11) is 1.73. The maximum absolute atomic E-state index is 12.3. The number of carboxylic acids is 1. The van der Waals surface area contributed by atoms with E-state index in [4.69, 9.17) is 4.74 Å². The second-order valence-electron chi connectivity index (χ2n) is 7.95. The Bertz CT molecular complexity index is 631. The van der Waals surface area contributed by atoms with E-state index in [0.717, 1.165) is 0 Å². The first-order valence-electron chi connectivity index (χ1n) is 8.29. The van der Waals surface area contributed by atoms with Crippen LogP contribution in [-0.4, -0.2) is 35.7 Å². The van der Waals surface area contributed by atoms with Gasteiger partial charge in [-0.15, -0.1) is 0 Å². The minimum absolute atomic E-state index is 0.206. The summed E-state index contributed by atoms with van der Waals surface area (Å²) in [6, 6.07) is 5.05. The average Bonchev–Trinajstić information content (AvgIpc) is 2.47. The predicted molar refractivity (Wildman–Crippen MR) is 95.5 cm³/mol. The van der Waals surface area contributed by atoms with Gasteiger partial charge in [0.05, 0.1) is 16.9 Å². The monoisotopic (exact) mass is 351 g/mol. The summed E-state index contributed by atoms with van der Waals surface area (Å²) in [5, 5.41) is 22.4. The molecule has 1 aromatic carbocycles. The second-order valence-corrected chi connectivity index (χ2v) is 7.95. The fraction of sp³-hybridized carbons (Fsp3) is 0.579. The molecule has 0 radical (unpaired) electrons. The van der Waals surface area contributed by atoms with Crippen molar-refractivity contribution in [1.82, 2.24) is 5.32 Å². The van der Waals surface area contributed by atoms with Crippen LogP contribution in [-0.2, 0) is 16.0 Å². The van der Waals surface area contributed by atoms with Crippen LogP contribution in [0.25, 0.3) is 0 Å². The molecule has 6 nitrogen and oxygen atoms in total. The molecule has 0 aliphatic carbocycles. The summed E-state index contributed by atoms with van der Waals surface area (Å²) in [4.78, 5) is 23.7. The van der Waals surface area contributed by atoms with Gasteiger partial charge in [-0.1, -0.05) is 12.1 Å². The van der Waals surface area contributed by atoms with E-state index in [1.807, 2.05) is 0 Å². The Kier molecular flexibility index (Phi) is 6.74. The summed E-state index contributed by atoms with van der Waals surface area (Å²) >= 11 is 0. The van der Waals surface area contributed by atoms with Gasteiger partial charge in [-0.3, -0.25) is 9.59 Å².